The van der Waals surface area contributed by atoms with Gasteiger partial charge in [-0.2, -0.15) is 0 Å². The third-order valence-electron chi connectivity index (χ3n) is 3.54. The van der Waals surface area contributed by atoms with Crippen molar-refractivity contribution < 1.29 is 0 Å². The average Bonchev–Trinajstić information content (AvgIpc) is 2.59. The molecule has 0 fully saturated rings. The lowest BCUT2D eigenvalue weighted by atomic mass is 10.1. The van der Waals surface area contributed by atoms with Crippen molar-refractivity contribution in [1.82, 2.24) is 0 Å². The van der Waals surface area contributed by atoms with Crippen LogP contribution in [0.25, 0.3) is 6.08 Å². The van der Waals surface area contributed by atoms with Crippen LogP contribution < -0.4 is 4.90 Å². The predicted molar refractivity (Wildman–Crippen MR) is 95.8 cm³/mol. The summed E-state index contributed by atoms with van der Waals surface area (Å²) in [7, 11) is 0. The quantitative estimate of drug-likeness (QED) is 0.552. The number of hydrogen-bond acceptors (Lipinski definition) is 1. The van der Waals surface area contributed by atoms with Crippen LogP contribution >= 0.6 is 0 Å². The second-order valence-electron chi connectivity index (χ2n) is 5.10. The Kier molecular flexibility index (Phi) is 4.35. The molecule has 0 radical (unpaired) electrons. The first-order valence-corrected chi connectivity index (χ1v) is 7.51. The first-order chi connectivity index (χ1) is 10.9. The van der Waals surface area contributed by atoms with Gasteiger partial charge >= 0.3 is 0 Å². The Balaban J connectivity index is 2.06. The van der Waals surface area contributed by atoms with E-state index >= 15 is 0 Å². The zero-order valence-electron chi connectivity index (χ0n) is 12.7. The van der Waals surface area contributed by atoms with Crippen LogP contribution in [0.15, 0.2) is 91.0 Å². The first kappa shape index (κ1) is 14.2. The fourth-order valence-corrected chi connectivity index (χ4v) is 2.53. The minimum Gasteiger partial charge on any atom is -0.311 e. The third-order valence-corrected chi connectivity index (χ3v) is 3.54. The summed E-state index contributed by atoms with van der Waals surface area (Å²) in [6.45, 7) is 2.04. The lowest BCUT2D eigenvalue weighted by Crippen LogP contribution is -2.09. The van der Waals surface area contributed by atoms with E-state index in [1.165, 1.54) is 5.56 Å². The molecule has 3 aromatic rings. The van der Waals surface area contributed by atoms with Crippen LogP contribution in [0.1, 0.15) is 12.5 Å². The van der Waals surface area contributed by atoms with E-state index in [0.717, 1.165) is 17.1 Å². The van der Waals surface area contributed by atoms with Crippen molar-refractivity contribution in [2.75, 3.05) is 4.90 Å². The third kappa shape index (κ3) is 3.09. The summed E-state index contributed by atoms with van der Waals surface area (Å²) in [5.41, 5.74) is 4.69. The summed E-state index contributed by atoms with van der Waals surface area (Å²) in [5.74, 6) is 0. The van der Waals surface area contributed by atoms with Gasteiger partial charge in [-0.15, -0.1) is 0 Å². The molecule has 1 heteroatoms. The van der Waals surface area contributed by atoms with Crippen molar-refractivity contribution in [3.8, 4) is 0 Å². The highest BCUT2D eigenvalue weighted by atomic mass is 15.1. The maximum absolute atomic E-state index is 2.26. The second kappa shape index (κ2) is 6.77. The Morgan fingerprint density at radius 2 is 1.05 bits per heavy atom. The zero-order valence-corrected chi connectivity index (χ0v) is 12.7. The minimum absolute atomic E-state index is 1.16. The SMILES string of the molecule is CC=Cc1ccc(N(c2ccccc2)c2ccccc2)cc1. The lowest BCUT2D eigenvalue weighted by Gasteiger charge is -2.25. The predicted octanol–water partition coefficient (Wildman–Crippen LogP) is 6.19. The molecular formula is C21H19N. The Hall–Kier alpha value is -2.80. The highest BCUT2D eigenvalue weighted by Crippen LogP contribution is 2.34. The van der Waals surface area contributed by atoms with Gasteiger partial charge in [0.05, 0.1) is 0 Å². The van der Waals surface area contributed by atoms with Crippen molar-refractivity contribution in [2.45, 2.75) is 6.92 Å². The van der Waals surface area contributed by atoms with Crippen molar-refractivity contribution in [2.24, 2.45) is 0 Å². The van der Waals surface area contributed by atoms with E-state index in [1.54, 1.807) is 0 Å². The van der Waals surface area contributed by atoms with E-state index in [1.807, 2.05) is 19.1 Å². The highest BCUT2D eigenvalue weighted by Gasteiger charge is 2.10. The molecule has 0 unspecified atom stereocenters. The van der Waals surface area contributed by atoms with E-state index in [9.17, 15) is 0 Å². The Labute approximate surface area is 132 Å². The van der Waals surface area contributed by atoms with Gasteiger partial charge in [0, 0.05) is 17.1 Å². The van der Waals surface area contributed by atoms with E-state index < -0.39 is 0 Å². The molecule has 3 aromatic carbocycles. The molecule has 0 aliphatic carbocycles. The molecule has 0 bridgehead atoms. The largest absolute Gasteiger partial charge is 0.311 e. The summed E-state index contributed by atoms with van der Waals surface area (Å²) < 4.78 is 0. The monoisotopic (exact) mass is 285 g/mol. The van der Waals surface area contributed by atoms with Crippen LogP contribution in [0.5, 0.6) is 0 Å². The number of nitrogens with zero attached hydrogens (tertiary/aromatic N) is 1. The molecule has 0 aliphatic heterocycles. The topological polar surface area (TPSA) is 3.24 Å². The van der Waals surface area contributed by atoms with Gasteiger partial charge in [-0.05, 0) is 48.9 Å². The molecule has 3 rings (SSSR count). The molecule has 0 spiro atoms. The van der Waals surface area contributed by atoms with Crippen LogP contribution in [0.4, 0.5) is 17.1 Å². The average molecular weight is 285 g/mol. The van der Waals surface area contributed by atoms with Crippen molar-refractivity contribution >= 4 is 23.1 Å². The van der Waals surface area contributed by atoms with Crippen LogP contribution in [0.2, 0.25) is 0 Å². The molecule has 0 heterocycles. The maximum Gasteiger partial charge on any atom is 0.0462 e. The Bertz CT molecular complexity index is 688. The number of hydrogen-bond donors (Lipinski definition) is 0. The molecule has 0 atom stereocenters. The van der Waals surface area contributed by atoms with Gasteiger partial charge in [0.2, 0.25) is 0 Å². The van der Waals surface area contributed by atoms with Crippen LogP contribution in [-0.4, -0.2) is 0 Å². The molecule has 0 N–H and O–H groups in total. The summed E-state index contributed by atoms with van der Waals surface area (Å²) in [5, 5.41) is 0. The Morgan fingerprint density at radius 3 is 1.50 bits per heavy atom. The first-order valence-electron chi connectivity index (χ1n) is 7.51. The number of allylic oxidation sites excluding steroid dienone is 1. The van der Waals surface area contributed by atoms with E-state index in [0.29, 0.717) is 0 Å². The van der Waals surface area contributed by atoms with Gasteiger partial charge < -0.3 is 4.90 Å². The van der Waals surface area contributed by atoms with E-state index in [2.05, 4.69) is 89.8 Å². The summed E-state index contributed by atoms with van der Waals surface area (Å²) in [4.78, 5) is 2.26. The molecule has 0 saturated heterocycles. The second-order valence-corrected chi connectivity index (χ2v) is 5.10. The highest BCUT2D eigenvalue weighted by molar-refractivity contribution is 5.76. The molecule has 0 aromatic heterocycles. The molecular weight excluding hydrogens is 266 g/mol. The van der Waals surface area contributed by atoms with Crippen molar-refractivity contribution in [3.63, 3.8) is 0 Å². The Morgan fingerprint density at radius 1 is 0.591 bits per heavy atom. The van der Waals surface area contributed by atoms with E-state index in [-0.39, 0.29) is 0 Å². The molecule has 22 heavy (non-hydrogen) atoms. The maximum atomic E-state index is 2.26. The fraction of sp³-hybridized carbons (Fsp3) is 0.0476. The number of anilines is 3. The van der Waals surface area contributed by atoms with Gasteiger partial charge in [0.15, 0.2) is 0 Å². The van der Waals surface area contributed by atoms with Crippen molar-refractivity contribution in [3.05, 3.63) is 96.6 Å². The van der Waals surface area contributed by atoms with Crippen LogP contribution in [0, 0.1) is 0 Å². The van der Waals surface area contributed by atoms with Crippen LogP contribution in [-0.2, 0) is 0 Å². The normalized spacial score (nSPS) is 10.8. The fourth-order valence-electron chi connectivity index (χ4n) is 2.53. The summed E-state index contributed by atoms with van der Waals surface area (Å²) in [6, 6.07) is 29.5. The standard InChI is InChI=1S/C21H19N/c1-2-9-18-14-16-21(17-15-18)22(19-10-5-3-6-11-19)20-12-7-4-8-13-20/h2-17H,1H3. The zero-order chi connectivity index (χ0) is 15.2. The number of benzene rings is 3. The van der Waals surface area contributed by atoms with E-state index in [4.69, 9.17) is 0 Å². The number of rotatable bonds is 4. The van der Waals surface area contributed by atoms with Crippen LogP contribution in [0.3, 0.4) is 0 Å². The summed E-state index contributed by atoms with van der Waals surface area (Å²) >= 11 is 0. The van der Waals surface area contributed by atoms with Gasteiger partial charge in [0.25, 0.3) is 0 Å². The molecule has 1 nitrogen and oxygen atoms in total. The molecule has 0 aliphatic rings. The molecule has 108 valence electrons. The van der Waals surface area contributed by atoms with Gasteiger partial charge in [-0.3, -0.25) is 0 Å². The lowest BCUT2D eigenvalue weighted by molar-refractivity contribution is 1.28. The van der Waals surface area contributed by atoms with Gasteiger partial charge in [0.1, 0.15) is 0 Å². The van der Waals surface area contributed by atoms with Crippen molar-refractivity contribution in [1.29, 1.82) is 0 Å². The smallest absolute Gasteiger partial charge is 0.0462 e. The minimum atomic E-state index is 1.16. The summed E-state index contributed by atoms with van der Waals surface area (Å²) in [6.07, 6.45) is 4.17. The van der Waals surface area contributed by atoms with Gasteiger partial charge in [-0.1, -0.05) is 60.7 Å². The molecule has 0 amide bonds. The number of para-hydroxylation sites is 2. The molecule has 0 saturated carbocycles. The van der Waals surface area contributed by atoms with Gasteiger partial charge in [-0.25, -0.2) is 0 Å².